The van der Waals surface area contributed by atoms with Gasteiger partial charge in [-0.1, -0.05) is 36.4 Å². The topological polar surface area (TPSA) is 94.5 Å². The minimum Gasteiger partial charge on any atom is -0.491 e. The maximum Gasteiger partial charge on any atom is 0.224 e. The third kappa shape index (κ3) is 8.64. The number of thioether (sulfide) groups is 1. The summed E-state index contributed by atoms with van der Waals surface area (Å²) in [6, 6.07) is 15.6. The Morgan fingerprint density at radius 3 is 2.67 bits per heavy atom. The van der Waals surface area contributed by atoms with Crippen LogP contribution in [0.4, 0.5) is 10.1 Å². The van der Waals surface area contributed by atoms with Crippen molar-refractivity contribution >= 4 is 34.8 Å². The molecule has 1 aliphatic heterocycles. The molecule has 1 aliphatic carbocycles. The Balaban J connectivity index is 1.27. The zero-order chi connectivity index (χ0) is 28.3. The zero-order valence-corrected chi connectivity index (χ0v) is 23.6. The van der Waals surface area contributed by atoms with Crippen LogP contribution in [0.1, 0.15) is 32.1 Å². The van der Waals surface area contributed by atoms with Gasteiger partial charge in [0.1, 0.15) is 30.6 Å². The fourth-order valence-corrected chi connectivity index (χ4v) is 5.62. The molecule has 0 radical (unpaired) electrons. The van der Waals surface area contributed by atoms with Crippen molar-refractivity contribution in [3.8, 4) is 5.75 Å². The number of hydrogen-bond donors (Lipinski definition) is 2. The van der Waals surface area contributed by atoms with Crippen molar-refractivity contribution in [2.24, 2.45) is 4.99 Å². The van der Waals surface area contributed by atoms with Crippen molar-refractivity contribution in [2.45, 2.75) is 43.5 Å². The number of anilines is 1. The van der Waals surface area contributed by atoms with Crippen LogP contribution < -0.4 is 15.0 Å². The van der Waals surface area contributed by atoms with E-state index in [2.05, 4.69) is 10.2 Å². The molecule has 2 aromatic carbocycles. The number of carbonyl (C=O) groups is 2. The lowest BCUT2D eigenvalue weighted by molar-refractivity contribution is -0.131. The van der Waals surface area contributed by atoms with E-state index in [9.17, 15) is 19.1 Å². The molecule has 10 heteroatoms. The number of amidine groups is 1. The van der Waals surface area contributed by atoms with Crippen LogP contribution >= 0.6 is 11.8 Å². The summed E-state index contributed by atoms with van der Waals surface area (Å²) in [6.45, 7) is 1.43. The van der Waals surface area contributed by atoms with Gasteiger partial charge in [0.05, 0.1) is 12.2 Å². The van der Waals surface area contributed by atoms with E-state index in [0.717, 1.165) is 22.8 Å². The molecule has 1 saturated carbocycles. The maximum absolute atomic E-state index is 13.0. The van der Waals surface area contributed by atoms with E-state index in [1.807, 2.05) is 37.4 Å². The number of ether oxygens (including phenoxy) is 1. The van der Waals surface area contributed by atoms with Gasteiger partial charge in [0.2, 0.25) is 5.91 Å². The number of para-hydroxylation sites is 1. The summed E-state index contributed by atoms with van der Waals surface area (Å²) in [5.41, 5.74) is 2.31. The number of aliphatic hydroxyl groups excluding tert-OH is 1. The molecule has 0 saturated heterocycles. The minimum absolute atomic E-state index is 0.0516. The van der Waals surface area contributed by atoms with Crippen LogP contribution in [0.2, 0.25) is 0 Å². The van der Waals surface area contributed by atoms with Gasteiger partial charge in [-0.15, -0.1) is 0 Å². The van der Waals surface area contributed by atoms with Crippen LogP contribution in [0.3, 0.4) is 0 Å². The van der Waals surface area contributed by atoms with E-state index in [1.54, 1.807) is 16.7 Å². The molecular formula is C30H37FN4O4S. The third-order valence-electron chi connectivity index (χ3n) is 6.98. The second-order valence-corrected chi connectivity index (χ2v) is 11.3. The lowest BCUT2D eigenvalue weighted by atomic mass is 10.0. The second-order valence-electron chi connectivity index (χ2n) is 9.99. The molecule has 1 fully saturated rings. The highest BCUT2D eigenvalue weighted by Gasteiger charge is 2.26. The van der Waals surface area contributed by atoms with Gasteiger partial charge in [0.25, 0.3) is 0 Å². The first kappa shape index (κ1) is 29.8. The Morgan fingerprint density at radius 1 is 1.25 bits per heavy atom. The number of carbonyl (C=O) groups excluding carboxylic acids is 2. The fourth-order valence-electron chi connectivity index (χ4n) is 4.32. The van der Waals surface area contributed by atoms with Crippen molar-refractivity contribution in [2.75, 3.05) is 44.7 Å². The summed E-state index contributed by atoms with van der Waals surface area (Å²) < 4.78 is 18.4. The molecule has 1 heterocycles. The van der Waals surface area contributed by atoms with E-state index in [4.69, 9.17) is 9.73 Å². The Bertz CT molecular complexity index is 1190. The van der Waals surface area contributed by atoms with Gasteiger partial charge >= 0.3 is 0 Å². The number of aliphatic imine (C=N–C) groups is 1. The number of rotatable bonds is 12. The maximum atomic E-state index is 13.0. The van der Waals surface area contributed by atoms with Gasteiger partial charge in [-0.3, -0.25) is 9.59 Å². The van der Waals surface area contributed by atoms with Crippen LogP contribution in [-0.4, -0.2) is 78.6 Å². The average molecular weight is 569 g/mol. The number of aliphatic hydroxyl groups is 1. The van der Waals surface area contributed by atoms with Gasteiger partial charge < -0.3 is 25.0 Å². The summed E-state index contributed by atoms with van der Waals surface area (Å²) in [6.07, 6.45) is 4.38. The Hall–Kier alpha value is -3.21. The third-order valence-corrected chi connectivity index (χ3v) is 8.36. The molecule has 0 bridgehead atoms. The molecule has 40 heavy (non-hydrogen) atoms. The van der Waals surface area contributed by atoms with Gasteiger partial charge in [-0.05, 0) is 49.2 Å². The standard InChI is InChI=1S/C30H37FN4O4S/c1-34(24-6-3-2-4-7-24)30(40-27-8-5-9-27)33-28-15-17-35(19-22(28)20-36)29(38)14-16-32-18-25(37)21-39-26-12-10-23(31)11-13-26/h2-4,6-7,10-13,20,25,27,32,37H,5,8-9,14-19,21H2,1H3. The number of nitrogens with zero attached hydrogens (tertiary/aromatic N) is 3. The number of nitrogens with one attached hydrogen (secondary N) is 1. The molecule has 0 spiro atoms. The normalized spacial score (nSPS) is 16.9. The molecular weight excluding hydrogens is 531 g/mol. The van der Waals surface area contributed by atoms with E-state index < -0.39 is 6.10 Å². The van der Waals surface area contributed by atoms with E-state index in [0.29, 0.717) is 36.1 Å². The van der Waals surface area contributed by atoms with Crippen LogP contribution in [-0.2, 0) is 9.59 Å². The monoisotopic (exact) mass is 568 g/mol. The van der Waals surface area contributed by atoms with E-state index in [-0.39, 0.29) is 37.8 Å². The summed E-state index contributed by atoms with van der Waals surface area (Å²) >= 11 is 1.76. The van der Waals surface area contributed by atoms with Crippen LogP contribution in [0.15, 0.2) is 70.9 Å². The van der Waals surface area contributed by atoms with Gasteiger partial charge in [-0.2, -0.15) is 0 Å². The number of hydrogen-bond acceptors (Lipinski definition) is 7. The molecule has 0 aromatic heterocycles. The molecule has 1 unspecified atom stereocenters. The Kier molecular flexibility index (Phi) is 11.1. The van der Waals surface area contributed by atoms with Crippen molar-refractivity contribution < 1.29 is 23.8 Å². The van der Waals surface area contributed by atoms with Crippen LogP contribution in [0, 0.1) is 5.82 Å². The lowest BCUT2D eigenvalue weighted by Crippen LogP contribution is -2.40. The highest BCUT2D eigenvalue weighted by Crippen LogP contribution is 2.34. The molecule has 8 nitrogen and oxygen atoms in total. The number of aldehydes is 1. The van der Waals surface area contributed by atoms with Crippen molar-refractivity contribution in [3.05, 3.63) is 71.7 Å². The van der Waals surface area contributed by atoms with E-state index in [1.165, 1.54) is 43.5 Å². The van der Waals surface area contributed by atoms with Crippen molar-refractivity contribution in [3.63, 3.8) is 0 Å². The molecule has 2 aromatic rings. The van der Waals surface area contributed by atoms with Gasteiger partial charge in [0, 0.05) is 56.0 Å². The second kappa shape index (κ2) is 15.0. The van der Waals surface area contributed by atoms with Crippen LogP contribution in [0.25, 0.3) is 0 Å². The van der Waals surface area contributed by atoms with Crippen LogP contribution in [0.5, 0.6) is 5.75 Å². The highest BCUT2D eigenvalue weighted by atomic mass is 32.2. The molecule has 214 valence electrons. The highest BCUT2D eigenvalue weighted by molar-refractivity contribution is 8.14. The number of benzene rings is 2. The van der Waals surface area contributed by atoms with Crippen molar-refractivity contribution in [1.82, 2.24) is 10.2 Å². The largest absolute Gasteiger partial charge is 0.491 e. The first-order valence-electron chi connectivity index (χ1n) is 13.7. The predicted molar refractivity (Wildman–Crippen MR) is 157 cm³/mol. The van der Waals surface area contributed by atoms with Crippen molar-refractivity contribution in [1.29, 1.82) is 0 Å². The molecule has 1 atom stereocenters. The first-order chi connectivity index (χ1) is 19.4. The molecule has 2 N–H and O–H groups in total. The SMILES string of the molecule is CN(C(=NC1=C(C=O)CN(C(=O)CCNCC(O)COc2ccc(F)cc2)CC1)SC1CCC1)c1ccccc1. The Morgan fingerprint density at radius 2 is 2.00 bits per heavy atom. The smallest absolute Gasteiger partial charge is 0.224 e. The first-order valence-corrected chi connectivity index (χ1v) is 14.6. The fraction of sp³-hybridized carbons (Fsp3) is 0.433. The van der Waals surface area contributed by atoms with E-state index >= 15 is 0 Å². The Labute approximate surface area is 239 Å². The van der Waals surface area contributed by atoms with Gasteiger partial charge in [0.15, 0.2) is 5.17 Å². The average Bonchev–Trinajstić information content (AvgIpc) is 2.96. The molecule has 4 rings (SSSR count). The molecule has 2 aliphatic rings. The quantitative estimate of drug-likeness (QED) is 0.173. The summed E-state index contributed by atoms with van der Waals surface area (Å²) in [5, 5.41) is 14.6. The molecule has 1 amide bonds. The minimum atomic E-state index is -0.777. The summed E-state index contributed by atoms with van der Waals surface area (Å²) in [4.78, 5) is 33.6. The zero-order valence-electron chi connectivity index (χ0n) is 22.8. The predicted octanol–water partition coefficient (Wildman–Crippen LogP) is 4.01. The number of halogens is 1. The lowest BCUT2D eigenvalue weighted by Gasteiger charge is -2.31. The summed E-state index contributed by atoms with van der Waals surface area (Å²) in [5.74, 6) is 0.0670. The van der Waals surface area contributed by atoms with Gasteiger partial charge in [-0.25, -0.2) is 9.38 Å². The summed E-state index contributed by atoms with van der Waals surface area (Å²) in [7, 11) is 2.00. The number of amides is 1.